The van der Waals surface area contributed by atoms with E-state index in [4.69, 9.17) is 51.2 Å². The minimum Gasteiger partial charge on any atom is -0.507 e. The molecule has 9 aromatic carbocycles. The number of esters is 3. The van der Waals surface area contributed by atoms with E-state index in [1.54, 1.807) is 48.5 Å². The zero-order chi connectivity index (χ0) is 88.8. The Morgan fingerprint density at radius 3 is 0.919 bits per heavy atom. The van der Waals surface area contributed by atoms with Gasteiger partial charge in [-0.2, -0.15) is 8.42 Å². The summed E-state index contributed by atoms with van der Waals surface area (Å²) in [6.07, 6.45) is 9.41. The van der Waals surface area contributed by atoms with Crippen molar-refractivity contribution < 1.29 is 121 Å². The molecule has 0 atom stereocenters. The van der Waals surface area contributed by atoms with Crippen LogP contribution in [-0.4, -0.2) is 130 Å². The summed E-state index contributed by atoms with van der Waals surface area (Å²) in [7, 11) is -2.53. The molecule has 0 bridgehead atoms. The maximum atomic E-state index is 11.5. The molecule has 0 aliphatic heterocycles. The summed E-state index contributed by atoms with van der Waals surface area (Å²) in [5.74, 6) is 1.49. The van der Waals surface area contributed by atoms with Crippen molar-refractivity contribution in [3.8, 4) is 85.5 Å². The number of halogens is 1. The summed E-state index contributed by atoms with van der Waals surface area (Å²) in [5, 5.41) is 51.6. The molecule has 29 heteroatoms. The Morgan fingerprint density at radius 2 is 0.642 bits per heavy atom. The number of ketones is 1. The van der Waals surface area contributed by atoms with E-state index in [-0.39, 0.29) is 58.5 Å². The van der Waals surface area contributed by atoms with Crippen molar-refractivity contribution in [1.82, 2.24) is 0 Å². The van der Waals surface area contributed by atoms with Gasteiger partial charge in [-0.15, -0.1) is 0 Å². The van der Waals surface area contributed by atoms with E-state index < -0.39 is 49.0 Å². The summed E-state index contributed by atoms with van der Waals surface area (Å²) < 4.78 is 99.3. The summed E-state index contributed by atoms with van der Waals surface area (Å²) in [6.45, 7) is 22.3. The fourth-order valence-corrected chi connectivity index (χ4v) is 11.7. The van der Waals surface area contributed by atoms with Gasteiger partial charge >= 0.3 is 40.0 Å². The number of phenols is 4. The highest BCUT2D eigenvalue weighted by atomic mass is 35.7. The number of hydrogen-bond donors (Lipinski definition) is 5. The number of aromatic hydroxyl groups is 4. The number of furan rings is 4. The second-order valence-corrected chi connectivity index (χ2v) is 31.8. The summed E-state index contributed by atoms with van der Waals surface area (Å²) in [4.78, 5) is 65.5. The average Bonchev–Trinajstić information content (AvgIpc) is 1.66. The van der Waals surface area contributed by atoms with Crippen LogP contribution in [0, 0.1) is 27.7 Å². The molecule has 0 saturated heterocycles. The van der Waals surface area contributed by atoms with Gasteiger partial charge in [-0.3, -0.25) is 4.79 Å². The van der Waals surface area contributed by atoms with Crippen LogP contribution in [0.5, 0.6) is 40.2 Å². The van der Waals surface area contributed by atoms with Crippen LogP contribution in [-0.2, 0) is 51.9 Å². The summed E-state index contributed by atoms with van der Waals surface area (Å²) in [6, 6.07) is 56.5. The molecular weight excluding hydrogens is 1640 g/mol. The summed E-state index contributed by atoms with van der Waals surface area (Å²) in [5.41, 5.74) is 11.8. The number of fused-ring (bicyclic) bond motifs is 4. The molecule has 123 heavy (non-hydrogen) atoms. The van der Waals surface area contributed by atoms with E-state index in [1.807, 2.05) is 24.3 Å². The lowest BCUT2D eigenvalue weighted by molar-refractivity contribution is -0.138. The molecule has 0 radical (unpaired) electrons. The number of ether oxygens (including phenoxy) is 6. The molecule has 646 valence electrons. The number of phenolic OH excluding ortho intramolecular Hbond substituents is 4. The molecule has 0 aliphatic carbocycles. The van der Waals surface area contributed by atoms with Crippen molar-refractivity contribution in [2.45, 2.75) is 80.6 Å². The standard InChI is InChI=1S/C26H22O2.C22H14O6.C15H18O7S.C15H18O4.C14H16O5.CH3ClO2S.CH4/c1-15-5-7-17(3)25-21(15)13-23(27-25)19-9-11-20(12-10-19)24-14-22-16(2)6-8-18(4)26(22)28-24;23-15-5-7-17(25)21-13(15)9-19(27-21)11-1-2-12(4-3-11)20-10-14-16(24)6-8-18(26)22(14)28-20;1-3-14(16)21-11-5-4-10-20-13-8-6-12(7-9-13)15(17)22-23(2,18)19;1-3-15(17)19-11-5-4-10-18-14-8-6-13(7-9-14)12(2)16;1-2-13(15)19-10-4-3-9-18-12-7-5-11(6-8-12)14(16)17;1-5(2,3)4;/h5-14H,1-4H3;1-10,23-26H;3,6-9H,1,4-5,10-11H2,2H3;3,6-9H,1,4-5,10-11H2,2H3;2,5-8H,1,3-4,9-10H2,(H,16,17);1H3;1H4. The van der Waals surface area contributed by atoms with Gasteiger partial charge in [0.05, 0.1) is 74.1 Å². The maximum absolute atomic E-state index is 11.5. The molecule has 13 aromatic rings. The van der Waals surface area contributed by atoms with E-state index in [0.717, 1.165) is 112 Å². The van der Waals surface area contributed by atoms with Crippen molar-refractivity contribution in [2.75, 3.05) is 52.2 Å². The smallest absolute Gasteiger partial charge is 0.353 e. The van der Waals surface area contributed by atoms with Gasteiger partial charge in [-0.25, -0.2) is 32.4 Å². The maximum Gasteiger partial charge on any atom is 0.353 e. The highest BCUT2D eigenvalue weighted by Gasteiger charge is 2.19. The number of benzene rings is 9. The Morgan fingerprint density at radius 1 is 0.374 bits per heavy atom. The largest absolute Gasteiger partial charge is 0.507 e. The second kappa shape index (κ2) is 46.1. The predicted molar refractivity (Wildman–Crippen MR) is 471 cm³/mol. The SMILES string of the molecule is C.C=CC(=O)OCCCCOc1ccc(C(=O)O)cc1.C=CC(=O)OCCCCOc1ccc(C(=O)OS(C)(=O)=O)cc1.C=CC(=O)OCCCCOc1ccc(C(C)=O)cc1.CS(=O)(=O)Cl.Cc1ccc(C)c2oc(-c3ccc(-c4cc5c(C)ccc(C)c5o4)cc3)cc12.Oc1ccc(O)c2oc(-c3ccc(-c4cc5c(O)ccc(O)c5o4)cc3)cc12. The lowest BCUT2D eigenvalue weighted by Gasteiger charge is -2.07. The second-order valence-electron chi connectivity index (χ2n) is 27.1. The van der Waals surface area contributed by atoms with Gasteiger partial charge < -0.3 is 75.8 Å². The Hall–Kier alpha value is -13.8. The van der Waals surface area contributed by atoms with Crippen molar-refractivity contribution in [3.63, 3.8) is 0 Å². The molecule has 0 saturated carbocycles. The highest BCUT2D eigenvalue weighted by Crippen LogP contribution is 2.42. The number of aryl methyl sites for hydroxylation is 4. The first-order valence-electron chi connectivity index (χ1n) is 37.8. The van der Waals surface area contributed by atoms with Gasteiger partial charge in [-0.1, -0.05) is 100.0 Å². The Bertz CT molecular complexity index is 5390. The van der Waals surface area contributed by atoms with Crippen molar-refractivity contribution in [2.24, 2.45) is 0 Å². The van der Waals surface area contributed by atoms with Gasteiger partial charge in [0.15, 0.2) is 28.4 Å². The van der Waals surface area contributed by atoms with Crippen LogP contribution in [0.2, 0.25) is 0 Å². The quantitative estimate of drug-likeness (QED) is 0.00425. The van der Waals surface area contributed by atoms with Gasteiger partial charge in [0.1, 0.15) is 63.0 Å². The monoisotopic (exact) mass is 1740 g/mol. The molecule has 26 nitrogen and oxygen atoms in total. The number of Topliss-reactive ketones (excluding diaryl/α,β-unsaturated/α-hetero) is 1. The first kappa shape index (κ1) is 96.3. The van der Waals surface area contributed by atoms with Crippen molar-refractivity contribution in [3.05, 3.63) is 271 Å². The molecule has 0 unspecified atom stereocenters. The van der Waals surface area contributed by atoms with E-state index in [9.17, 15) is 66.0 Å². The minimum atomic E-state index is -3.84. The van der Waals surface area contributed by atoms with Crippen LogP contribution in [0.1, 0.15) is 106 Å². The summed E-state index contributed by atoms with van der Waals surface area (Å²) >= 11 is 0. The molecule has 4 aromatic heterocycles. The molecule has 0 amide bonds. The third kappa shape index (κ3) is 29.8. The van der Waals surface area contributed by atoms with E-state index in [2.05, 4.69) is 123 Å². The van der Waals surface area contributed by atoms with Gasteiger partial charge in [0.25, 0.3) is 0 Å². The van der Waals surface area contributed by atoms with E-state index >= 15 is 0 Å². The van der Waals surface area contributed by atoms with Crippen LogP contribution in [0.15, 0.2) is 250 Å². The Labute approximate surface area is 715 Å². The Balaban J connectivity index is 0.000000210. The molecule has 5 N–H and O–H groups in total. The topological polar surface area (TPSA) is 389 Å². The third-order valence-electron chi connectivity index (χ3n) is 17.7. The number of unbranched alkanes of at least 4 members (excludes halogenated alkanes) is 3. The number of rotatable bonds is 29. The zero-order valence-electron chi connectivity index (χ0n) is 67.8. The fraction of sp³-hybridized carbons (Fsp3) is 0.213. The lowest BCUT2D eigenvalue weighted by atomic mass is 10.0. The van der Waals surface area contributed by atoms with Gasteiger partial charge in [0, 0.05) is 67.5 Å². The van der Waals surface area contributed by atoms with Gasteiger partial charge in [-0.05, 0) is 217 Å². The molecule has 0 spiro atoms. The number of carboxylic acid groups (broad SMARTS) is 1. The number of aromatic carboxylic acids is 1. The van der Waals surface area contributed by atoms with Crippen LogP contribution in [0.25, 0.3) is 89.2 Å². The third-order valence-corrected chi connectivity index (χ3v) is 18.2. The molecule has 0 aliphatic rings. The van der Waals surface area contributed by atoms with Crippen LogP contribution in [0.4, 0.5) is 0 Å². The number of carbonyl (C=O) groups excluding carboxylic acids is 5. The van der Waals surface area contributed by atoms with E-state index in [1.165, 1.54) is 89.5 Å². The normalized spacial score (nSPS) is 10.7. The average molecular weight is 1740 g/mol. The number of carboxylic acids is 1. The Kier molecular flexibility index (Phi) is 36.1. The lowest BCUT2D eigenvalue weighted by Crippen LogP contribution is -2.11. The molecule has 0 fully saturated rings. The van der Waals surface area contributed by atoms with Gasteiger partial charge in [0.2, 0.25) is 9.05 Å². The minimum absolute atomic E-state index is 0. The fourth-order valence-electron chi connectivity index (χ4n) is 11.4. The van der Waals surface area contributed by atoms with Crippen LogP contribution >= 0.6 is 10.7 Å². The van der Waals surface area contributed by atoms with E-state index in [0.29, 0.717) is 98.3 Å². The zero-order valence-corrected chi connectivity index (χ0v) is 70.2. The first-order chi connectivity index (χ1) is 58.1. The highest BCUT2D eigenvalue weighted by molar-refractivity contribution is 8.13. The van der Waals surface area contributed by atoms with Crippen molar-refractivity contribution >= 4 is 109 Å². The first-order valence-corrected chi connectivity index (χ1v) is 42.4. The molecule has 13 rings (SSSR count). The predicted octanol–water partition coefficient (Wildman–Crippen LogP) is 20.6. The van der Waals surface area contributed by atoms with Crippen LogP contribution in [0.3, 0.4) is 0 Å². The molecular formula is C94H95ClO26S2. The number of hydrogen-bond acceptors (Lipinski definition) is 25. The van der Waals surface area contributed by atoms with Crippen molar-refractivity contribution in [1.29, 1.82) is 0 Å². The van der Waals surface area contributed by atoms with Crippen LogP contribution < -0.4 is 14.2 Å². The number of carbonyl (C=O) groups is 6. The molecule has 4 heterocycles.